The molecule has 1 heterocycles. The van der Waals surface area contributed by atoms with Gasteiger partial charge in [0.1, 0.15) is 5.82 Å². The molecule has 0 radical (unpaired) electrons. The van der Waals surface area contributed by atoms with Crippen LogP contribution in [-0.4, -0.2) is 16.4 Å². The fourth-order valence-corrected chi connectivity index (χ4v) is 2.50. The van der Waals surface area contributed by atoms with Gasteiger partial charge in [-0.3, -0.25) is 14.2 Å². The van der Waals surface area contributed by atoms with Gasteiger partial charge in [-0.2, -0.15) is 0 Å². The molecule has 3 aromatic rings. The maximum Gasteiger partial charge on any atom is 0.257 e. The predicted molar refractivity (Wildman–Crippen MR) is 87.6 cm³/mol. The average Bonchev–Trinajstić information content (AvgIpc) is 2.88. The molecule has 0 bridgehead atoms. The predicted octanol–water partition coefficient (Wildman–Crippen LogP) is 4.35. The summed E-state index contributed by atoms with van der Waals surface area (Å²) >= 11 is 5.81. The Bertz CT molecular complexity index is 916. The minimum absolute atomic E-state index is 0.296. The van der Waals surface area contributed by atoms with Gasteiger partial charge in [-0.1, -0.05) is 11.6 Å². The van der Waals surface area contributed by atoms with Crippen molar-refractivity contribution in [1.82, 2.24) is 4.57 Å². The summed E-state index contributed by atoms with van der Waals surface area (Å²) in [4.78, 5) is 24.2. The standard InChI is InChI=1S/C17H12ClFN2O2/c1-10(22)21-9-15(14-7-4-12(19)8-16(14)21)17(23)20-13-5-2-11(18)3-6-13/h2-9H,1H3,(H,20,23). The molecule has 0 aliphatic heterocycles. The van der Waals surface area contributed by atoms with Crippen LogP contribution in [0.3, 0.4) is 0 Å². The number of rotatable bonds is 2. The number of anilines is 1. The fourth-order valence-electron chi connectivity index (χ4n) is 2.37. The lowest BCUT2D eigenvalue weighted by Gasteiger charge is -2.04. The first-order chi connectivity index (χ1) is 11.0. The van der Waals surface area contributed by atoms with E-state index in [4.69, 9.17) is 11.6 Å². The van der Waals surface area contributed by atoms with Gasteiger partial charge in [0.25, 0.3) is 5.91 Å². The maximum atomic E-state index is 13.4. The van der Waals surface area contributed by atoms with E-state index in [1.165, 1.54) is 35.9 Å². The molecule has 0 spiro atoms. The minimum Gasteiger partial charge on any atom is -0.322 e. The van der Waals surface area contributed by atoms with Crippen molar-refractivity contribution in [2.75, 3.05) is 5.32 Å². The van der Waals surface area contributed by atoms with Crippen LogP contribution in [0.4, 0.5) is 10.1 Å². The number of fused-ring (bicyclic) bond motifs is 1. The molecule has 1 aromatic heterocycles. The summed E-state index contributed by atoms with van der Waals surface area (Å²) < 4.78 is 14.7. The van der Waals surface area contributed by atoms with Gasteiger partial charge in [0.05, 0.1) is 11.1 Å². The molecule has 1 amide bonds. The zero-order chi connectivity index (χ0) is 16.6. The normalized spacial score (nSPS) is 10.7. The molecular formula is C17H12ClFN2O2. The lowest BCUT2D eigenvalue weighted by molar-refractivity contribution is 0.0941. The SMILES string of the molecule is CC(=O)n1cc(C(=O)Nc2ccc(Cl)cc2)c2ccc(F)cc21. The molecule has 1 N–H and O–H groups in total. The minimum atomic E-state index is -0.470. The van der Waals surface area contributed by atoms with Crippen LogP contribution in [0.5, 0.6) is 0 Å². The molecule has 3 rings (SSSR count). The van der Waals surface area contributed by atoms with Crippen LogP contribution in [0, 0.1) is 5.82 Å². The number of amides is 1. The Morgan fingerprint density at radius 3 is 2.48 bits per heavy atom. The molecule has 0 aliphatic rings. The third-order valence-electron chi connectivity index (χ3n) is 3.45. The lowest BCUT2D eigenvalue weighted by atomic mass is 10.1. The Morgan fingerprint density at radius 1 is 1.13 bits per heavy atom. The highest BCUT2D eigenvalue weighted by molar-refractivity contribution is 6.30. The molecule has 0 fully saturated rings. The van der Waals surface area contributed by atoms with Gasteiger partial charge >= 0.3 is 0 Å². The molecule has 23 heavy (non-hydrogen) atoms. The van der Waals surface area contributed by atoms with Gasteiger partial charge in [0.15, 0.2) is 0 Å². The van der Waals surface area contributed by atoms with E-state index in [9.17, 15) is 14.0 Å². The van der Waals surface area contributed by atoms with Crippen molar-refractivity contribution in [3.8, 4) is 0 Å². The number of nitrogens with one attached hydrogen (secondary N) is 1. The highest BCUT2D eigenvalue weighted by Crippen LogP contribution is 2.24. The second-order valence-electron chi connectivity index (χ2n) is 5.05. The maximum absolute atomic E-state index is 13.4. The molecule has 4 nitrogen and oxygen atoms in total. The van der Waals surface area contributed by atoms with E-state index < -0.39 is 5.82 Å². The van der Waals surface area contributed by atoms with Gasteiger partial charge < -0.3 is 5.32 Å². The number of carbonyl (C=O) groups excluding carboxylic acids is 2. The summed E-state index contributed by atoms with van der Waals surface area (Å²) in [5, 5.41) is 3.80. The third-order valence-corrected chi connectivity index (χ3v) is 3.71. The Balaban J connectivity index is 2.03. The molecule has 0 saturated carbocycles. The number of aromatic nitrogens is 1. The summed E-state index contributed by atoms with van der Waals surface area (Å²) in [6.45, 7) is 1.35. The average molecular weight is 331 g/mol. The van der Waals surface area contributed by atoms with E-state index in [1.807, 2.05) is 0 Å². The number of hydrogen-bond donors (Lipinski definition) is 1. The topological polar surface area (TPSA) is 51.1 Å². The van der Waals surface area contributed by atoms with Crippen molar-refractivity contribution in [3.63, 3.8) is 0 Å². The van der Waals surface area contributed by atoms with E-state index >= 15 is 0 Å². The summed E-state index contributed by atoms with van der Waals surface area (Å²) in [7, 11) is 0. The van der Waals surface area contributed by atoms with Crippen molar-refractivity contribution in [1.29, 1.82) is 0 Å². The monoisotopic (exact) mass is 330 g/mol. The number of nitrogens with zero attached hydrogens (tertiary/aromatic N) is 1. The van der Waals surface area contributed by atoms with E-state index in [2.05, 4.69) is 5.32 Å². The summed E-state index contributed by atoms with van der Waals surface area (Å²) in [5.41, 5.74) is 1.23. The molecular weight excluding hydrogens is 319 g/mol. The van der Waals surface area contributed by atoms with Crippen molar-refractivity contribution in [2.24, 2.45) is 0 Å². The Kier molecular flexibility index (Phi) is 3.88. The van der Waals surface area contributed by atoms with Gasteiger partial charge in [0.2, 0.25) is 5.91 Å². The molecule has 6 heteroatoms. The number of halogens is 2. The zero-order valence-corrected chi connectivity index (χ0v) is 12.9. The van der Waals surface area contributed by atoms with E-state index in [-0.39, 0.29) is 11.8 Å². The van der Waals surface area contributed by atoms with Crippen LogP contribution in [0.15, 0.2) is 48.7 Å². The van der Waals surface area contributed by atoms with Crippen molar-refractivity contribution in [2.45, 2.75) is 6.92 Å². The van der Waals surface area contributed by atoms with Crippen LogP contribution in [0.1, 0.15) is 22.1 Å². The van der Waals surface area contributed by atoms with E-state index in [0.717, 1.165) is 0 Å². The molecule has 0 atom stereocenters. The smallest absolute Gasteiger partial charge is 0.257 e. The first-order valence-electron chi connectivity index (χ1n) is 6.84. The molecule has 0 unspecified atom stereocenters. The van der Waals surface area contributed by atoms with Crippen molar-refractivity contribution < 1.29 is 14.0 Å². The fraction of sp³-hybridized carbons (Fsp3) is 0.0588. The second-order valence-corrected chi connectivity index (χ2v) is 5.49. The number of hydrogen-bond acceptors (Lipinski definition) is 2. The molecule has 2 aromatic carbocycles. The van der Waals surface area contributed by atoms with Crippen LogP contribution in [0.25, 0.3) is 10.9 Å². The van der Waals surface area contributed by atoms with Crippen LogP contribution in [-0.2, 0) is 0 Å². The second kappa shape index (κ2) is 5.85. The Morgan fingerprint density at radius 2 is 1.83 bits per heavy atom. The third kappa shape index (κ3) is 2.96. The summed E-state index contributed by atoms with van der Waals surface area (Å²) in [6, 6.07) is 10.6. The molecule has 0 aliphatic carbocycles. The summed E-state index contributed by atoms with van der Waals surface area (Å²) in [5.74, 6) is -1.15. The van der Waals surface area contributed by atoms with Gasteiger partial charge in [-0.15, -0.1) is 0 Å². The molecule has 0 saturated heterocycles. The first kappa shape index (κ1) is 15.2. The highest BCUT2D eigenvalue weighted by Gasteiger charge is 2.17. The van der Waals surface area contributed by atoms with Gasteiger partial charge in [-0.05, 0) is 42.5 Å². The van der Waals surface area contributed by atoms with E-state index in [0.29, 0.717) is 27.2 Å². The van der Waals surface area contributed by atoms with Crippen molar-refractivity contribution in [3.05, 3.63) is 65.1 Å². The highest BCUT2D eigenvalue weighted by atomic mass is 35.5. The van der Waals surface area contributed by atoms with Gasteiger partial charge in [0, 0.05) is 29.2 Å². The Labute approximate surface area is 136 Å². The van der Waals surface area contributed by atoms with Gasteiger partial charge in [-0.25, -0.2) is 4.39 Å². The number of carbonyl (C=O) groups is 2. The quantitative estimate of drug-likeness (QED) is 0.759. The van der Waals surface area contributed by atoms with Crippen LogP contribution >= 0.6 is 11.6 Å². The Hall–Kier alpha value is -2.66. The van der Waals surface area contributed by atoms with Crippen LogP contribution in [0.2, 0.25) is 5.02 Å². The number of benzene rings is 2. The van der Waals surface area contributed by atoms with Crippen molar-refractivity contribution >= 4 is 40.0 Å². The van der Waals surface area contributed by atoms with Crippen LogP contribution < -0.4 is 5.32 Å². The van der Waals surface area contributed by atoms with E-state index in [1.54, 1.807) is 24.3 Å². The lowest BCUT2D eigenvalue weighted by Crippen LogP contribution is -2.11. The largest absolute Gasteiger partial charge is 0.322 e. The zero-order valence-electron chi connectivity index (χ0n) is 12.1. The molecule has 116 valence electrons. The summed E-state index contributed by atoms with van der Waals surface area (Å²) in [6.07, 6.45) is 1.41. The first-order valence-corrected chi connectivity index (χ1v) is 7.22.